The lowest BCUT2D eigenvalue weighted by Crippen LogP contribution is -2.47. The number of nitrogens with zero attached hydrogens (tertiary/aromatic N) is 4. The molecule has 1 N–H and O–H groups in total. The Kier molecular flexibility index (Phi) is 4.83. The number of amides is 2. The molecule has 2 aromatic heterocycles. The molecule has 2 aromatic rings. The maximum atomic E-state index is 12.3. The minimum atomic E-state index is 0.0184. The van der Waals surface area contributed by atoms with Crippen LogP contribution in [-0.2, 0) is 6.54 Å². The standard InChI is InChI=1S/C18H25N5O/c1-13-10-15(3)23(21-13)17-8-7-16(11-19-17)12-20-18(24)22-9-5-4-6-14(22)2/h7-8,10-11,14H,4-6,9,12H2,1-3H3,(H,20,24). The number of rotatable bonds is 3. The fraction of sp³-hybridized carbons (Fsp3) is 0.500. The number of hydrogen-bond donors (Lipinski definition) is 1. The van der Waals surface area contributed by atoms with Crippen LogP contribution in [0, 0.1) is 13.8 Å². The summed E-state index contributed by atoms with van der Waals surface area (Å²) in [5.74, 6) is 0.792. The summed E-state index contributed by atoms with van der Waals surface area (Å²) in [5.41, 5.74) is 3.01. The van der Waals surface area contributed by atoms with E-state index in [1.165, 1.54) is 6.42 Å². The van der Waals surface area contributed by atoms with Crippen molar-refractivity contribution in [2.24, 2.45) is 0 Å². The molecule has 3 heterocycles. The van der Waals surface area contributed by atoms with E-state index < -0.39 is 0 Å². The number of aryl methyl sites for hydroxylation is 2. The lowest BCUT2D eigenvalue weighted by Gasteiger charge is -2.33. The number of hydrogen-bond acceptors (Lipinski definition) is 3. The second kappa shape index (κ2) is 7.03. The number of urea groups is 1. The molecule has 24 heavy (non-hydrogen) atoms. The number of nitrogens with one attached hydrogen (secondary N) is 1. The Hall–Kier alpha value is -2.37. The zero-order valence-electron chi connectivity index (χ0n) is 14.6. The molecular formula is C18H25N5O. The molecule has 1 aliphatic heterocycles. The van der Waals surface area contributed by atoms with Crippen molar-refractivity contribution in [1.29, 1.82) is 0 Å². The predicted molar refractivity (Wildman–Crippen MR) is 93.1 cm³/mol. The van der Waals surface area contributed by atoms with Crippen LogP contribution < -0.4 is 5.32 Å². The Morgan fingerprint density at radius 1 is 1.33 bits per heavy atom. The molecule has 3 rings (SSSR count). The lowest BCUT2D eigenvalue weighted by atomic mass is 10.0. The Morgan fingerprint density at radius 2 is 2.17 bits per heavy atom. The molecule has 6 nitrogen and oxygen atoms in total. The normalized spacial score (nSPS) is 17.8. The van der Waals surface area contributed by atoms with Crippen molar-refractivity contribution in [1.82, 2.24) is 25.0 Å². The number of carbonyl (C=O) groups excluding carboxylic acids is 1. The van der Waals surface area contributed by atoms with Crippen molar-refractivity contribution in [2.75, 3.05) is 6.54 Å². The van der Waals surface area contributed by atoms with Crippen molar-refractivity contribution >= 4 is 6.03 Å². The van der Waals surface area contributed by atoms with Gasteiger partial charge in [-0.25, -0.2) is 14.5 Å². The van der Waals surface area contributed by atoms with Gasteiger partial charge < -0.3 is 10.2 Å². The van der Waals surface area contributed by atoms with E-state index in [4.69, 9.17) is 0 Å². The molecule has 128 valence electrons. The molecule has 0 bridgehead atoms. The average molecular weight is 327 g/mol. The molecule has 0 aliphatic carbocycles. The summed E-state index contributed by atoms with van der Waals surface area (Å²) in [5, 5.41) is 7.43. The van der Waals surface area contributed by atoms with Crippen LogP contribution in [0.15, 0.2) is 24.4 Å². The molecule has 1 unspecified atom stereocenters. The highest BCUT2D eigenvalue weighted by Crippen LogP contribution is 2.16. The second-order valence-corrected chi connectivity index (χ2v) is 6.56. The van der Waals surface area contributed by atoms with Gasteiger partial charge in [0.2, 0.25) is 0 Å². The van der Waals surface area contributed by atoms with Gasteiger partial charge in [0.05, 0.1) is 5.69 Å². The van der Waals surface area contributed by atoms with E-state index in [1.807, 2.05) is 41.6 Å². The van der Waals surface area contributed by atoms with Gasteiger partial charge in [-0.15, -0.1) is 0 Å². The monoisotopic (exact) mass is 327 g/mol. The van der Waals surface area contributed by atoms with Gasteiger partial charge in [0.25, 0.3) is 0 Å². The van der Waals surface area contributed by atoms with Crippen molar-refractivity contribution in [2.45, 2.75) is 52.6 Å². The number of aromatic nitrogens is 3. The van der Waals surface area contributed by atoms with Gasteiger partial charge in [-0.1, -0.05) is 6.07 Å². The van der Waals surface area contributed by atoms with E-state index in [0.29, 0.717) is 12.6 Å². The molecule has 1 saturated heterocycles. The number of carbonyl (C=O) groups is 1. The van der Waals surface area contributed by atoms with Crippen LogP contribution >= 0.6 is 0 Å². The predicted octanol–water partition coefficient (Wildman–Crippen LogP) is 2.97. The molecule has 0 radical (unpaired) electrons. The minimum Gasteiger partial charge on any atom is -0.334 e. The van der Waals surface area contributed by atoms with E-state index in [1.54, 1.807) is 6.20 Å². The summed E-state index contributed by atoms with van der Waals surface area (Å²) >= 11 is 0. The van der Waals surface area contributed by atoms with E-state index in [-0.39, 0.29) is 6.03 Å². The Balaban J connectivity index is 1.60. The summed E-state index contributed by atoms with van der Waals surface area (Å²) in [7, 11) is 0. The first kappa shape index (κ1) is 16.5. The van der Waals surface area contributed by atoms with Crippen LogP contribution in [0.1, 0.15) is 43.1 Å². The summed E-state index contributed by atoms with van der Waals surface area (Å²) in [4.78, 5) is 18.7. The third-order valence-corrected chi connectivity index (χ3v) is 4.54. The Morgan fingerprint density at radius 3 is 2.79 bits per heavy atom. The average Bonchev–Trinajstić information content (AvgIpc) is 2.92. The first-order valence-corrected chi connectivity index (χ1v) is 8.57. The summed E-state index contributed by atoms with van der Waals surface area (Å²) < 4.78 is 1.83. The van der Waals surface area contributed by atoms with Crippen molar-refractivity contribution in [3.05, 3.63) is 41.3 Å². The highest BCUT2D eigenvalue weighted by Gasteiger charge is 2.22. The molecule has 0 aromatic carbocycles. The van der Waals surface area contributed by atoms with Crippen molar-refractivity contribution in [3.8, 4) is 5.82 Å². The summed E-state index contributed by atoms with van der Waals surface area (Å²) in [6, 6.07) is 6.29. The SMILES string of the molecule is Cc1cc(C)n(-c2ccc(CNC(=O)N3CCCCC3C)cn2)n1. The largest absolute Gasteiger partial charge is 0.334 e. The maximum absolute atomic E-state index is 12.3. The first-order chi connectivity index (χ1) is 11.5. The Bertz CT molecular complexity index is 707. The van der Waals surface area contributed by atoms with Gasteiger partial charge in [0.15, 0.2) is 5.82 Å². The maximum Gasteiger partial charge on any atom is 0.317 e. The lowest BCUT2D eigenvalue weighted by molar-refractivity contribution is 0.158. The van der Waals surface area contributed by atoms with Gasteiger partial charge in [-0.3, -0.25) is 0 Å². The first-order valence-electron chi connectivity index (χ1n) is 8.57. The van der Waals surface area contributed by atoms with E-state index in [2.05, 4.69) is 22.3 Å². The van der Waals surface area contributed by atoms with Crippen molar-refractivity contribution < 1.29 is 4.79 Å². The highest BCUT2D eigenvalue weighted by atomic mass is 16.2. The molecule has 0 spiro atoms. The molecule has 0 saturated carbocycles. The van der Waals surface area contributed by atoms with Crippen LogP contribution in [-0.4, -0.2) is 38.3 Å². The smallest absolute Gasteiger partial charge is 0.317 e. The topological polar surface area (TPSA) is 63.1 Å². The van der Waals surface area contributed by atoms with Crippen LogP contribution in [0.4, 0.5) is 4.79 Å². The highest BCUT2D eigenvalue weighted by molar-refractivity contribution is 5.74. The summed E-state index contributed by atoms with van der Waals surface area (Å²) in [6.07, 6.45) is 5.19. The zero-order chi connectivity index (χ0) is 17.1. The molecule has 1 fully saturated rings. The van der Waals surface area contributed by atoms with Gasteiger partial charge in [0, 0.05) is 31.0 Å². The van der Waals surface area contributed by atoms with Crippen LogP contribution in [0.3, 0.4) is 0 Å². The second-order valence-electron chi connectivity index (χ2n) is 6.56. The fourth-order valence-corrected chi connectivity index (χ4v) is 3.19. The van der Waals surface area contributed by atoms with E-state index in [9.17, 15) is 4.79 Å². The number of likely N-dealkylation sites (tertiary alicyclic amines) is 1. The van der Waals surface area contributed by atoms with Crippen LogP contribution in [0.2, 0.25) is 0 Å². The van der Waals surface area contributed by atoms with Gasteiger partial charge >= 0.3 is 6.03 Å². The van der Waals surface area contributed by atoms with Crippen LogP contribution in [0.5, 0.6) is 0 Å². The van der Waals surface area contributed by atoms with Gasteiger partial charge in [0.1, 0.15) is 0 Å². The van der Waals surface area contributed by atoms with Gasteiger partial charge in [-0.05, 0) is 57.7 Å². The third kappa shape index (κ3) is 3.58. The molecule has 6 heteroatoms. The molecule has 1 atom stereocenters. The Labute approximate surface area is 142 Å². The number of piperidine rings is 1. The quantitative estimate of drug-likeness (QED) is 0.942. The third-order valence-electron chi connectivity index (χ3n) is 4.54. The van der Waals surface area contributed by atoms with Crippen LogP contribution in [0.25, 0.3) is 5.82 Å². The zero-order valence-corrected chi connectivity index (χ0v) is 14.6. The van der Waals surface area contributed by atoms with Gasteiger partial charge in [-0.2, -0.15) is 5.10 Å². The van der Waals surface area contributed by atoms with Crippen molar-refractivity contribution in [3.63, 3.8) is 0 Å². The van der Waals surface area contributed by atoms with E-state index >= 15 is 0 Å². The molecule has 2 amide bonds. The minimum absolute atomic E-state index is 0.0184. The fourth-order valence-electron chi connectivity index (χ4n) is 3.19. The molecular weight excluding hydrogens is 302 g/mol. The number of pyridine rings is 1. The molecule has 1 aliphatic rings. The van der Waals surface area contributed by atoms with E-state index in [0.717, 1.165) is 42.2 Å². The summed E-state index contributed by atoms with van der Waals surface area (Å²) in [6.45, 7) is 7.43.